The molecule has 0 bridgehead atoms. The number of rotatable bonds is 53. The van der Waals surface area contributed by atoms with Crippen LogP contribution in [0.25, 0.3) is 0 Å². The molecule has 0 heterocycles. The summed E-state index contributed by atoms with van der Waals surface area (Å²) in [5.41, 5.74) is 0. The minimum atomic E-state index is -0.771. The Morgan fingerprint density at radius 2 is 0.508 bits per heavy atom. The predicted octanol–water partition coefficient (Wildman–Crippen LogP) is 19.1. The second-order valence-corrected chi connectivity index (χ2v) is 19.6. The van der Waals surface area contributed by atoms with Gasteiger partial charge in [0.25, 0.3) is 0 Å². The second-order valence-electron chi connectivity index (χ2n) is 19.6. The predicted molar refractivity (Wildman–Crippen MR) is 279 cm³/mol. The number of hydrogen-bond acceptors (Lipinski definition) is 6. The average molecular weight is 916 g/mol. The van der Waals surface area contributed by atoms with Crippen molar-refractivity contribution in [3.63, 3.8) is 0 Å². The van der Waals surface area contributed by atoms with E-state index in [1.807, 2.05) is 0 Å². The third-order valence-corrected chi connectivity index (χ3v) is 12.9. The van der Waals surface area contributed by atoms with Gasteiger partial charge >= 0.3 is 17.9 Å². The largest absolute Gasteiger partial charge is 0.462 e. The van der Waals surface area contributed by atoms with Crippen molar-refractivity contribution in [1.82, 2.24) is 0 Å². The molecule has 0 saturated carbocycles. The summed E-state index contributed by atoms with van der Waals surface area (Å²) in [6.45, 7) is 6.67. The lowest BCUT2D eigenvalue weighted by atomic mass is 10.0. The molecule has 65 heavy (non-hydrogen) atoms. The van der Waals surface area contributed by atoms with Crippen molar-refractivity contribution in [1.29, 1.82) is 0 Å². The zero-order chi connectivity index (χ0) is 47.2. The van der Waals surface area contributed by atoms with Crippen LogP contribution >= 0.6 is 0 Å². The smallest absolute Gasteiger partial charge is 0.306 e. The van der Waals surface area contributed by atoms with E-state index in [0.29, 0.717) is 19.3 Å². The summed E-state index contributed by atoms with van der Waals surface area (Å²) in [7, 11) is 0. The Bertz CT molecular complexity index is 1050. The minimum absolute atomic E-state index is 0.0700. The molecule has 6 heteroatoms. The monoisotopic (exact) mass is 915 g/mol. The van der Waals surface area contributed by atoms with E-state index >= 15 is 0 Å². The van der Waals surface area contributed by atoms with Crippen LogP contribution in [0.3, 0.4) is 0 Å². The molecule has 0 aliphatic rings. The number of carbonyl (C=O) groups is 3. The maximum Gasteiger partial charge on any atom is 0.306 e. The van der Waals surface area contributed by atoms with E-state index in [1.54, 1.807) is 0 Å². The number of hydrogen-bond donors (Lipinski definition) is 0. The summed E-state index contributed by atoms with van der Waals surface area (Å²) in [5, 5.41) is 0. The Labute approximate surface area is 404 Å². The van der Waals surface area contributed by atoms with Crippen LogP contribution in [0.4, 0.5) is 0 Å². The third kappa shape index (κ3) is 52.7. The molecule has 0 aliphatic heterocycles. The maximum absolute atomic E-state index is 12.8. The van der Waals surface area contributed by atoms with Crippen molar-refractivity contribution in [2.45, 2.75) is 322 Å². The fourth-order valence-electron chi connectivity index (χ4n) is 8.55. The first-order chi connectivity index (χ1) is 32.0. The van der Waals surface area contributed by atoms with Gasteiger partial charge in [-0.2, -0.15) is 0 Å². The van der Waals surface area contributed by atoms with E-state index < -0.39 is 6.10 Å². The van der Waals surface area contributed by atoms with Gasteiger partial charge in [-0.3, -0.25) is 14.4 Å². The Balaban J connectivity index is 4.34. The molecule has 0 aromatic heterocycles. The number of esters is 3. The van der Waals surface area contributed by atoms with Gasteiger partial charge in [0, 0.05) is 19.3 Å². The summed E-state index contributed by atoms with van der Waals surface area (Å²) in [4.78, 5) is 38.1. The minimum Gasteiger partial charge on any atom is -0.462 e. The van der Waals surface area contributed by atoms with Gasteiger partial charge in [0.05, 0.1) is 0 Å². The lowest BCUT2D eigenvalue weighted by Crippen LogP contribution is -2.30. The lowest BCUT2D eigenvalue weighted by molar-refractivity contribution is -0.167. The van der Waals surface area contributed by atoms with E-state index in [0.717, 1.165) is 57.8 Å². The van der Waals surface area contributed by atoms with Crippen LogP contribution in [-0.2, 0) is 28.6 Å². The van der Waals surface area contributed by atoms with Gasteiger partial charge in [-0.05, 0) is 70.6 Å². The molecule has 0 spiro atoms. The van der Waals surface area contributed by atoms with E-state index in [1.165, 1.54) is 218 Å². The Hall–Kier alpha value is -2.11. The Morgan fingerprint density at radius 1 is 0.292 bits per heavy atom. The summed E-state index contributed by atoms with van der Waals surface area (Å²) in [5.74, 6) is -0.860. The molecule has 382 valence electrons. The summed E-state index contributed by atoms with van der Waals surface area (Å²) >= 11 is 0. The van der Waals surface area contributed by atoms with E-state index in [-0.39, 0.29) is 31.1 Å². The second kappa shape index (κ2) is 54.5. The van der Waals surface area contributed by atoms with Crippen molar-refractivity contribution < 1.29 is 28.6 Å². The lowest BCUT2D eigenvalue weighted by Gasteiger charge is -2.18. The molecule has 0 fully saturated rings. The molecule has 6 nitrogen and oxygen atoms in total. The molecule has 0 N–H and O–H groups in total. The molecule has 0 saturated heterocycles. The van der Waals surface area contributed by atoms with Crippen LogP contribution in [-0.4, -0.2) is 37.2 Å². The zero-order valence-electron chi connectivity index (χ0n) is 43.8. The molecule has 0 aromatic carbocycles. The van der Waals surface area contributed by atoms with Crippen molar-refractivity contribution in [3.8, 4) is 0 Å². The fraction of sp³-hybridized carbons (Fsp3) is 0.881. The molecule has 0 aromatic rings. The molecular weight excluding hydrogens is 805 g/mol. The highest BCUT2D eigenvalue weighted by molar-refractivity contribution is 5.71. The van der Waals surface area contributed by atoms with Gasteiger partial charge in [0.2, 0.25) is 0 Å². The van der Waals surface area contributed by atoms with E-state index in [2.05, 4.69) is 45.1 Å². The van der Waals surface area contributed by atoms with Gasteiger partial charge < -0.3 is 14.2 Å². The molecule has 1 atom stereocenters. The Kier molecular flexibility index (Phi) is 52.7. The van der Waals surface area contributed by atoms with Gasteiger partial charge in [0.1, 0.15) is 13.2 Å². The topological polar surface area (TPSA) is 78.9 Å². The number of carbonyl (C=O) groups excluding carboxylic acids is 3. The molecule has 0 radical (unpaired) electrons. The first kappa shape index (κ1) is 62.9. The van der Waals surface area contributed by atoms with Crippen LogP contribution in [0.2, 0.25) is 0 Å². The van der Waals surface area contributed by atoms with Crippen molar-refractivity contribution in [3.05, 3.63) is 24.3 Å². The summed E-state index contributed by atoms with van der Waals surface area (Å²) in [6, 6.07) is 0. The van der Waals surface area contributed by atoms with Crippen LogP contribution < -0.4 is 0 Å². The molecule has 1 unspecified atom stereocenters. The normalized spacial score (nSPS) is 12.1. The van der Waals surface area contributed by atoms with E-state index in [9.17, 15) is 14.4 Å². The van der Waals surface area contributed by atoms with Gasteiger partial charge in [0.15, 0.2) is 6.10 Å². The molecular formula is C59H110O6. The first-order valence-electron chi connectivity index (χ1n) is 28.8. The summed E-state index contributed by atoms with van der Waals surface area (Å²) < 4.78 is 16.9. The maximum atomic E-state index is 12.8. The highest BCUT2D eigenvalue weighted by Gasteiger charge is 2.19. The molecule has 0 aliphatic carbocycles. The van der Waals surface area contributed by atoms with Crippen molar-refractivity contribution >= 4 is 17.9 Å². The van der Waals surface area contributed by atoms with Crippen LogP contribution in [0, 0.1) is 0 Å². The van der Waals surface area contributed by atoms with Gasteiger partial charge in [-0.15, -0.1) is 0 Å². The SMILES string of the molecule is CCCCCCCCC=CCCCCCCCCCC(=O)OCC(COC(=O)CCCCCCCCCCCCCCC)OC(=O)CCCCCCCCCC=CCCCCCCCC. The van der Waals surface area contributed by atoms with Crippen LogP contribution in [0.1, 0.15) is 316 Å². The highest BCUT2D eigenvalue weighted by Crippen LogP contribution is 2.16. The quantitative estimate of drug-likeness (QED) is 0.0262. The Morgan fingerprint density at radius 3 is 0.769 bits per heavy atom. The summed E-state index contributed by atoms with van der Waals surface area (Å²) in [6.07, 6.45) is 63.0. The highest BCUT2D eigenvalue weighted by atomic mass is 16.6. The van der Waals surface area contributed by atoms with Crippen LogP contribution in [0.15, 0.2) is 24.3 Å². The first-order valence-corrected chi connectivity index (χ1v) is 28.8. The van der Waals surface area contributed by atoms with E-state index in [4.69, 9.17) is 14.2 Å². The number of unbranched alkanes of at least 4 members (excludes halogenated alkanes) is 38. The molecule has 0 rings (SSSR count). The van der Waals surface area contributed by atoms with Gasteiger partial charge in [-0.25, -0.2) is 0 Å². The number of ether oxygens (including phenoxy) is 3. The van der Waals surface area contributed by atoms with Crippen molar-refractivity contribution in [2.24, 2.45) is 0 Å². The third-order valence-electron chi connectivity index (χ3n) is 12.9. The van der Waals surface area contributed by atoms with Crippen molar-refractivity contribution in [2.75, 3.05) is 13.2 Å². The standard InChI is InChI=1S/C59H110O6/c1-4-7-10-13-16-19-22-25-27-29-31-34-37-40-43-46-49-52-58(61)64-55-56(54-63-57(60)51-48-45-42-39-36-33-24-21-18-15-12-9-6-3)65-59(62)53-50-47-44-41-38-35-32-30-28-26-23-20-17-14-11-8-5-2/h25-28,56H,4-24,29-55H2,1-3H3. The van der Waals surface area contributed by atoms with Gasteiger partial charge in [-0.1, -0.05) is 251 Å². The number of allylic oxidation sites excluding steroid dienone is 4. The molecule has 0 amide bonds. The average Bonchev–Trinajstić information content (AvgIpc) is 3.30. The van der Waals surface area contributed by atoms with Crippen LogP contribution in [0.5, 0.6) is 0 Å². The zero-order valence-corrected chi connectivity index (χ0v) is 43.8. The fourth-order valence-corrected chi connectivity index (χ4v) is 8.55.